The van der Waals surface area contributed by atoms with Crippen LogP contribution in [-0.2, 0) is 10.0 Å². The molecule has 0 unspecified atom stereocenters. The molecule has 0 saturated carbocycles. The highest BCUT2D eigenvalue weighted by Crippen LogP contribution is 2.23. The van der Waals surface area contributed by atoms with Crippen LogP contribution in [0.2, 0.25) is 0 Å². The van der Waals surface area contributed by atoms with Crippen LogP contribution in [0.4, 0.5) is 4.39 Å². The van der Waals surface area contributed by atoms with E-state index in [0.717, 1.165) is 0 Å². The molecule has 0 aromatic heterocycles. The molecule has 0 aliphatic carbocycles. The molecule has 1 aromatic carbocycles. The van der Waals surface area contributed by atoms with E-state index in [4.69, 9.17) is 5.73 Å². The molecule has 110 valence electrons. The standard InChI is InChI=1S/C11H16BrFN2O2S.ClH/c1-7-4-9(13)8(12)5-10(7)18(16,17)15-6-11(2,3)14;/h4-5,15H,6,14H2,1-3H3;1H. The molecule has 0 spiro atoms. The van der Waals surface area contributed by atoms with Crippen LogP contribution in [0.25, 0.3) is 0 Å². The van der Waals surface area contributed by atoms with E-state index in [-0.39, 0.29) is 28.3 Å². The van der Waals surface area contributed by atoms with Crippen LogP contribution in [0.1, 0.15) is 19.4 Å². The molecule has 0 radical (unpaired) electrons. The Morgan fingerprint density at radius 1 is 1.42 bits per heavy atom. The summed E-state index contributed by atoms with van der Waals surface area (Å²) < 4.78 is 39.9. The summed E-state index contributed by atoms with van der Waals surface area (Å²) in [5.74, 6) is -0.495. The first-order valence-electron chi connectivity index (χ1n) is 5.27. The summed E-state index contributed by atoms with van der Waals surface area (Å²) in [6.07, 6.45) is 0. The van der Waals surface area contributed by atoms with Crippen LogP contribution in [0.15, 0.2) is 21.5 Å². The Bertz CT molecular complexity index is 559. The van der Waals surface area contributed by atoms with Crippen molar-refractivity contribution in [3.63, 3.8) is 0 Å². The van der Waals surface area contributed by atoms with E-state index < -0.39 is 21.4 Å². The van der Waals surface area contributed by atoms with Gasteiger partial charge in [-0.3, -0.25) is 0 Å². The van der Waals surface area contributed by atoms with Gasteiger partial charge in [0.25, 0.3) is 0 Å². The molecule has 0 aliphatic rings. The van der Waals surface area contributed by atoms with Crippen LogP contribution in [0.5, 0.6) is 0 Å². The number of nitrogens with one attached hydrogen (secondary N) is 1. The fraction of sp³-hybridized carbons (Fsp3) is 0.455. The van der Waals surface area contributed by atoms with Gasteiger partial charge in [-0.15, -0.1) is 12.4 Å². The highest BCUT2D eigenvalue weighted by atomic mass is 79.9. The lowest BCUT2D eigenvalue weighted by molar-refractivity contribution is 0.497. The molecule has 1 aromatic rings. The van der Waals surface area contributed by atoms with E-state index in [9.17, 15) is 12.8 Å². The number of sulfonamides is 1. The lowest BCUT2D eigenvalue weighted by atomic mass is 10.1. The first-order chi connectivity index (χ1) is 8.03. The van der Waals surface area contributed by atoms with Gasteiger partial charge >= 0.3 is 0 Å². The minimum absolute atomic E-state index is 0. The minimum atomic E-state index is -3.69. The fourth-order valence-corrected chi connectivity index (χ4v) is 3.24. The predicted molar refractivity (Wildman–Crippen MR) is 79.5 cm³/mol. The molecule has 0 saturated heterocycles. The summed E-state index contributed by atoms with van der Waals surface area (Å²) in [5.41, 5.74) is 5.41. The Labute approximate surface area is 127 Å². The molecular weight excluding hydrogens is 359 g/mol. The minimum Gasteiger partial charge on any atom is -0.324 e. The molecule has 0 aliphatic heterocycles. The fourth-order valence-electron chi connectivity index (χ4n) is 1.28. The molecule has 3 N–H and O–H groups in total. The van der Waals surface area contributed by atoms with Gasteiger partial charge in [0.1, 0.15) is 5.82 Å². The van der Waals surface area contributed by atoms with Crippen molar-refractivity contribution >= 4 is 38.4 Å². The van der Waals surface area contributed by atoms with Crippen LogP contribution in [-0.4, -0.2) is 20.5 Å². The van der Waals surface area contributed by atoms with Crippen molar-refractivity contribution in [2.24, 2.45) is 5.73 Å². The highest BCUT2D eigenvalue weighted by Gasteiger charge is 2.21. The van der Waals surface area contributed by atoms with Gasteiger partial charge in [0, 0.05) is 12.1 Å². The summed E-state index contributed by atoms with van der Waals surface area (Å²) in [5, 5.41) is 0. The first-order valence-corrected chi connectivity index (χ1v) is 7.55. The maximum atomic E-state index is 13.2. The van der Waals surface area contributed by atoms with E-state index in [1.165, 1.54) is 19.1 Å². The number of hydrogen-bond donors (Lipinski definition) is 2. The van der Waals surface area contributed by atoms with Crippen molar-refractivity contribution in [3.8, 4) is 0 Å². The molecule has 19 heavy (non-hydrogen) atoms. The van der Waals surface area contributed by atoms with Gasteiger partial charge in [-0.25, -0.2) is 17.5 Å². The van der Waals surface area contributed by atoms with Crippen LogP contribution >= 0.6 is 28.3 Å². The second-order valence-electron chi connectivity index (χ2n) is 4.84. The van der Waals surface area contributed by atoms with Crippen LogP contribution in [0, 0.1) is 12.7 Å². The van der Waals surface area contributed by atoms with Crippen LogP contribution < -0.4 is 10.5 Å². The lowest BCUT2D eigenvalue weighted by Crippen LogP contribution is -2.45. The number of nitrogens with two attached hydrogens (primary N) is 1. The second kappa shape index (κ2) is 6.49. The predicted octanol–water partition coefficient (Wildman–Crippen LogP) is 2.33. The third-order valence-electron chi connectivity index (χ3n) is 2.23. The zero-order valence-electron chi connectivity index (χ0n) is 10.8. The maximum Gasteiger partial charge on any atom is 0.240 e. The van der Waals surface area contributed by atoms with E-state index in [0.29, 0.717) is 5.56 Å². The zero-order valence-corrected chi connectivity index (χ0v) is 14.0. The van der Waals surface area contributed by atoms with Crippen LogP contribution in [0.3, 0.4) is 0 Å². The van der Waals surface area contributed by atoms with E-state index in [1.54, 1.807) is 13.8 Å². The van der Waals surface area contributed by atoms with Crippen molar-refractivity contribution in [2.75, 3.05) is 6.54 Å². The topological polar surface area (TPSA) is 72.2 Å². The van der Waals surface area contributed by atoms with Gasteiger partial charge in [-0.1, -0.05) is 0 Å². The summed E-state index contributed by atoms with van der Waals surface area (Å²) >= 11 is 2.97. The van der Waals surface area contributed by atoms with E-state index >= 15 is 0 Å². The van der Waals surface area contributed by atoms with Crippen molar-refractivity contribution in [1.29, 1.82) is 0 Å². The molecule has 8 heteroatoms. The number of hydrogen-bond acceptors (Lipinski definition) is 3. The second-order valence-corrected chi connectivity index (χ2v) is 7.43. The van der Waals surface area contributed by atoms with Crippen molar-refractivity contribution < 1.29 is 12.8 Å². The van der Waals surface area contributed by atoms with Gasteiger partial charge in [0.05, 0.1) is 9.37 Å². The third-order valence-corrected chi connectivity index (χ3v) is 4.38. The number of aryl methyl sites for hydroxylation is 1. The molecule has 0 bridgehead atoms. The molecule has 0 atom stereocenters. The van der Waals surface area contributed by atoms with Gasteiger partial charge in [-0.05, 0) is 54.4 Å². The summed E-state index contributed by atoms with van der Waals surface area (Å²) in [7, 11) is -3.69. The average Bonchev–Trinajstić information content (AvgIpc) is 2.19. The zero-order chi connectivity index (χ0) is 14.1. The average molecular weight is 376 g/mol. The van der Waals surface area contributed by atoms with Crippen molar-refractivity contribution in [3.05, 3.63) is 28.0 Å². The third kappa shape index (κ3) is 5.35. The van der Waals surface area contributed by atoms with E-state index in [1.807, 2.05) is 0 Å². The molecule has 0 heterocycles. The molecule has 1 rings (SSSR count). The quantitative estimate of drug-likeness (QED) is 0.848. The summed E-state index contributed by atoms with van der Waals surface area (Å²) in [6.45, 7) is 5.06. The smallest absolute Gasteiger partial charge is 0.240 e. The molecule has 0 fully saturated rings. The van der Waals surface area contributed by atoms with Gasteiger partial charge in [0.15, 0.2) is 0 Å². The number of rotatable bonds is 4. The largest absolute Gasteiger partial charge is 0.324 e. The Balaban J connectivity index is 0.00000324. The molecular formula is C11H17BrClFN2O2S. The molecule has 0 amide bonds. The number of halogens is 3. The van der Waals surface area contributed by atoms with Gasteiger partial charge < -0.3 is 5.73 Å². The first kappa shape index (κ1) is 18.8. The van der Waals surface area contributed by atoms with Crippen molar-refractivity contribution in [2.45, 2.75) is 31.2 Å². The summed E-state index contributed by atoms with van der Waals surface area (Å²) in [6, 6.07) is 2.42. The Morgan fingerprint density at radius 3 is 2.42 bits per heavy atom. The highest BCUT2D eigenvalue weighted by molar-refractivity contribution is 9.10. The maximum absolute atomic E-state index is 13.2. The lowest BCUT2D eigenvalue weighted by Gasteiger charge is -2.19. The van der Waals surface area contributed by atoms with Crippen molar-refractivity contribution in [1.82, 2.24) is 4.72 Å². The van der Waals surface area contributed by atoms with Gasteiger partial charge in [0.2, 0.25) is 10.0 Å². The van der Waals surface area contributed by atoms with E-state index in [2.05, 4.69) is 20.7 Å². The number of benzene rings is 1. The molecule has 4 nitrogen and oxygen atoms in total. The monoisotopic (exact) mass is 374 g/mol. The normalized spacial score (nSPS) is 12.1. The van der Waals surface area contributed by atoms with Gasteiger partial charge in [-0.2, -0.15) is 0 Å². The summed E-state index contributed by atoms with van der Waals surface area (Å²) in [4.78, 5) is 0.0417. The Kier molecular flexibility index (Phi) is 6.42. The Hall–Kier alpha value is -0.210. The Morgan fingerprint density at radius 2 is 1.95 bits per heavy atom. The SMILES string of the molecule is Cc1cc(F)c(Br)cc1S(=O)(=O)NCC(C)(C)N.Cl.